The van der Waals surface area contributed by atoms with Crippen LogP contribution in [0.4, 0.5) is 9.18 Å². The molecule has 0 bridgehead atoms. The fraction of sp³-hybridized carbons (Fsp3) is 0.227. The van der Waals surface area contributed by atoms with E-state index in [-0.39, 0.29) is 18.3 Å². The van der Waals surface area contributed by atoms with Crippen molar-refractivity contribution in [3.05, 3.63) is 64.9 Å². The van der Waals surface area contributed by atoms with Crippen LogP contribution in [0.5, 0.6) is 11.5 Å². The maximum absolute atomic E-state index is 13.2. The highest BCUT2D eigenvalue weighted by Gasteiger charge is 2.49. The highest BCUT2D eigenvalue weighted by molar-refractivity contribution is 7.13. The van der Waals surface area contributed by atoms with Gasteiger partial charge in [0, 0.05) is 10.9 Å². The number of rotatable bonds is 4. The number of aromatic nitrogens is 1. The lowest BCUT2D eigenvalue weighted by atomic mass is 9.91. The average molecular weight is 439 g/mol. The number of fused-ring (bicyclic) bond motifs is 1. The first-order valence-electron chi connectivity index (χ1n) is 9.68. The van der Waals surface area contributed by atoms with Gasteiger partial charge in [0.1, 0.15) is 29.6 Å². The fourth-order valence-electron chi connectivity index (χ4n) is 3.66. The molecule has 0 saturated carbocycles. The minimum atomic E-state index is -1.22. The van der Waals surface area contributed by atoms with Gasteiger partial charge in [0.15, 0.2) is 11.5 Å². The molecule has 3 heterocycles. The van der Waals surface area contributed by atoms with Gasteiger partial charge in [-0.3, -0.25) is 9.69 Å². The molecule has 31 heavy (non-hydrogen) atoms. The lowest BCUT2D eigenvalue weighted by Gasteiger charge is -2.25. The standard InChI is InChI=1S/C22H18FN3O4S/c1-22(14-4-7-17-18(10-14)30-9-8-29-17)20(27)26(21(28)25-22)11-16-12-31-19(24-16)13-2-5-15(23)6-3-13/h2-7,10,12H,8-9,11H2,1H3,(H,25,28). The van der Waals surface area contributed by atoms with Gasteiger partial charge in [0.05, 0.1) is 12.2 Å². The molecule has 0 aliphatic carbocycles. The van der Waals surface area contributed by atoms with Gasteiger partial charge in [-0.1, -0.05) is 6.07 Å². The number of carbonyl (C=O) groups is 2. The molecule has 2 aliphatic heterocycles. The van der Waals surface area contributed by atoms with Gasteiger partial charge in [-0.25, -0.2) is 14.2 Å². The number of halogens is 1. The number of nitrogens with one attached hydrogen (secondary N) is 1. The largest absolute Gasteiger partial charge is 0.486 e. The zero-order valence-electron chi connectivity index (χ0n) is 16.6. The number of thiazole rings is 1. The number of carbonyl (C=O) groups excluding carboxylic acids is 2. The van der Waals surface area contributed by atoms with Gasteiger partial charge >= 0.3 is 6.03 Å². The topological polar surface area (TPSA) is 80.8 Å². The summed E-state index contributed by atoms with van der Waals surface area (Å²) in [5.41, 5.74) is 0.751. The number of ether oxygens (including phenoxy) is 2. The van der Waals surface area contributed by atoms with Gasteiger partial charge in [0.25, 0.3) is 5.91 Å². The number of benzene rings is 2. The molecule has 158 valence electrons. The maximum atomic E-state index is 13.2. The number of amides is 3. The third kappa shape index (κ3) is 3.40. The predicted octanol–water partition coefficient (Wildman–Crippen LogP) is 3.69. The van der Waals surface area contributed by atoms with Crippen LogP contribution < -0.4 is 14.8 Å². The maximum Gasteiger partial charge on any atom is 0.325 e. The smallest absolute Gasteiger partial charge is 0.325 e. The van der Waals surface area contributed by atoms with E-state index in [1.54, 1.807) is 42.6 Å². The lowest BCUT2D eigenvalue weighted by molar-refractivity contribution is -0.131. The van der Waals surface area contributed by atoms with Crippen molar-refractivity contribution in [2.24, 2.45) is 0 Å². The monoisotopic (exact) mass is 439 g/mol. The van der Waals surface area contributed by atoms with Crippen molar-refractivity contribution >= 4 is 23.3 Å². The Labute approximate surface area is 181 Å². The van der Waals surface area contributed by atoms with Crippen LogP contribution in [0.15, 0.2) is 47.8 Å². The third-order valence-electron chi connectivity index (χ3n) is 5.36. The Bertz CT molecular complexity index is 1180. The van der Waals surface area contributed by atoms with Crippen LogP contribution in [0.1, 0.15) is 18.2 Å². The zero-order chi connectivity index (χ0) is 21.6. The number of imide groups is 1. The highest BCUT2D eigenvalue weighted by Crippen LogP contribution is 2.37. The molecule has 2 aromatic carbocycles. The zero-order valence-corrected chi connectivity index (χ0v) is 17.4. The molecule has 3 amide bonds. The van der Waals surface area contributed by atoms with E-state index in [1.165, 1.54) is 23.5 Å². The molecule has 1 saturated heterocycles. The average Bonchev–Trinajstić information content (AvgIpc) is 3.33. The number of urea groups is 1. The first-order chi connectivity index (χ1) is 14.9. The summed E-state index contributed by atoms with van der Waals surface area (Å²) >= 11 is 1.37. The Morgan fingerprint density at radius 3 is 2.65 bits per heavy atom. The van der Waals surface area contributed by atoms with Crippen molar-refractivity contribution in [1.29, 1.82) is 0 Å². The molecule has 0 spiro atoms. The second kappa shape index (κ2) is 7.35. The van der Waals surface area contributed by atoms with E-state index in [0.717, 1.165) is 10.5 Å². The Morgan fingerprint density at radius 2 is 1.87 bits per heavy atom. The highest BCUT2D eigenvalue weighted by atomic mass is 32.1. The Hall–Kier alpha value is -3.46. The van der Waals surface area contributed by atoms with Gasteiger partial charge in [-0.15, -0.1) is 11.3 Å². The summed E-state index contributed by atoms with van der Waals surface area (Å²) in [6.45, 7) is 2.62. The molecular weight excluding hydrogens is 421 g/mol. The summed E-state index contributed by atoms with van der Waals surface area (Å²) in [5.74, 6) is 0.473. The predicted molar refractivity (Wildman–Crippen MR) is 111 cm³/mol. The van der Waals surface area contributed by atoms with E-state index >= 15 is 0 Å². The number of nitrogens with zero attached hydrogens (tertiary/aromatic N) is 2. The second-order valence-electron chi connectivity index (χ2n) is 7.46. The Balaban J connectivity index is 1.37. The molecule has 1 N–H and O–H groups in total. The molecule has 9 heteroatoms. The van der Waals surface area contributed by atoms with Crippen LogP contribution in [0.2, 0.25) is 0 Å². The van der Waals surface area contributed by atoms with Crippen molar-refractivity contribution in [1.82, 2.24) is 15.2 Å². The molecule has 1 fully saturated rings. The molecule has 3 aromatic rings. The van der Waals surface area contributed by atoms with E-state index in [2.05, 4.69) is 10.3 Å². The van der Waals surface area contributed by atoms with E-state index in [1.807, 2.05) is 0 Å². The lowest BCUT2D eigenvalue weighted by Crippen LogP contribution is -2.41. The quantitative estimate of drug-likeness (QED) is 0.627. The van der Waals surface area contributed by atoms with Crippen LogP contribution in [0.25, 0.3) is 10.6 Å². The summed E-state index contributed by atoms with van der Waals surface area (Å²) in [6.07, 6.45) is 0. The summed E-state index contributed by atoms with van der Waals surface area (Å²) in [4.78, 5) is 31.5. The van der Waals surface area contributed by atoms with Crippen LogP contribution >= 0.6 is 11.3 Å². The summed E-state index contributed by atoms with van der Waals surface area (Å²) in [6, 6.07) is 10.8. The van der Waals surface area contributed by atoms with Gasteiger partial charge < -0.3 is 14.8 Å². The molecule has 0 radical (unpaired) electrons. The summed E-state index contributed by atoms with van der Waals surface area (Å²) in [7, 11) is 0. The Morgan fingerprint density at radius 1 is 1.13 bits per heavy atom. The first kappa shape index (κ1) is 19.5. The third-order valence-corrected chi connectivity index (χ3v) is 6.30. The molecule has 5 rings (SSSR count). The molecule has 1 unspecified atom stereocenters. The number of hydrogen-bond donors (Lipinski definition) is 1. The van der Waals surface area contributed by atoms with Crippen molar-refractivity contribution in [3.8, 4) is 22.1 Å². The normalized spacial score (nSPS) is 20.1. The van der Waals surface area contributed by atoms with E-state index in [0.29, 0.717) is 41.0 Å². The van der Waals surface area contributed by atoms with Crippen LogP contribution in [-0.2, 0) is 16.9 Å². The Kier molecular flexibility index (Phi) is 4.62. The molecule has 2 aliphatic rings. The fourth-order valence-corrected chi connectivity index (χ4v) is 4.47. The second-order valence-corrected chi connectivity index (χ2v) is 8.31. The van der Waals surface area contributed by atoms with Gasteiger partial charge in [-0.05, 0) is 48.9 Å². The minimum absolute atomic E-state index is 0.0441. The van der Waals surface area contributed by atoms with Crippen LogP contribution in [-0.4, -0.2) is 35.0 Å². The van der Waals surface area contributed by atoms with Crippen molar-refractivity contribution in [3.63, 3.8) is 0 Å². The summed E-state index contributed by atoms with van der Waals surface area (Å²) < 4.78 is 24.3. The van der Waals surface area contributed by atoms with Crippen LogP contribution in [0, 0.1) is 5.82 Å². The van der Waals surface area contributed by atoms with Crippen LogP contribution in [0.3, 0.4) is 0 Å². The van der Waals surface area contributed by atoms with Crippen molar-refractivity contribution in [2.75, 3.05) is 13.2 Å². The van der Waals surface area contributed by atoms with E-state index in [4.69, 9.17) is 9.47 Å². The number of hydrogen-bond acceptors (Lipinski definition) is 6. The van der Waals surface area contributed by atoms with E-state index in [9.17, 15) is 14.0 Å². The molecule has 1 aromatic heterocycles. The SMILES string of the molecule is CC1(c2ccc3c(c2)OCCO3)NC(=O)N(Cc2csc(-c3ccc(F)cc3)n2)C1=O. The molecule has 7 nitrogen and oxygen atoms in total. The molecule has 1 atom stereocenters. The summed E-state index contributed by atoms with van der Waals surface area (Å²) in [5, 5.41) is 5.28. The van der Waals surface area contributed by atoms with Gasteiger partial charge in [0.2, 0.25) is 0 Å². The van der Waals surface area contributed by atoms with Gasteiger partial charge in [-0.2, -0.15) is 0 Å². The molecular formula is C22H18FN3O4S. The first-order valence-corrected chi connectivity index (χ1v) is 10.6. The van der Waals surface area contributed by atoms with E-state index < -0.39 is 11.6 Å². The van der Waals surface area contributed by atoms with Crippen molar-refractivity contribution < 1.29 is 23.5 Å². The minimum Gasteiger partial charge on any atom is -0.486 e. The van der Waals surface area contributed by atoms with Crippen molar-refractivity contribution in [2.45, 2.75) is 19.0 Å².